The maximum Gasteiger partial charge on any atom is 0.182 e. The fraction of sp³-hybridized carbons (Fsp3) is 0.300. The average Bonchev–Trinajstić information content (AvgIpc) is 2.78. The summed E-state index contributed by atoms with van der Waals surface area (Å²) in [6.07, 6.45) is -0.646. The second kappa shape index (κ2) is 5.05. The number of hydrogen-bond donors (Lipinski definition) is 1. The second-order valence-electron chi connectivity index (χ2n) is 3.36. The topological polar surface area (TPSA) is 63.8 Å². The first-order valence-corrected chi connectivity index (χ1v) is 5.40. The Morgan fingerprint density at radius 3 is 2.75 bits per heavy atom. The highest BCUT2D eigenvalue weighted by Crippen LogP contribution is 2.14. The molecule has 0 saturated heterocycles. The van der Waals surface area contributed by atoms with E-state index in [2.05, 4.69) is 15.5 Å². The fourth-order valence-corrected chi connectivity index (χ4v) is 1.47. The van der Waals surface area contributed by atoms with Crippen molar-refractivity contribution in [3.8, 4) is 11.4 Å². The molecular formula is C10H11ClN4O. The number of tetrazole rings is 1. The van der Waals surface area contributed by atoms with Crippen LogP contribution in [0, 0.1) is 0 Å². The molecule has 1 unspecified atom stereocenters. The molecule has 2 aromatic rings. The Hall–Kier alpha value is -1.46. The van der Waals surface area contributed by atoms with E-state index in [0.717, 1.165) is 5.56 Å². The molecule has 0 aliphatic carbocycles. The zero-order valence-electron chi connectivity index (χ0n) is 8.49. The minimum atomic E-state index is -0.646. The number of aromatic nitrogens is 4. The highest BCUT2D eigenvalue weighted by atomic mass is 35.5. The largest absolute Gasteiger partial charge is 0.390 e. The van der Waals surface area contributed by atoms with Gasteiger partial charge in [0, 0.05) is 5.56 Å². The van der Waals surface area contributed by atoms with Crippen LogP contribution >= 0.6 is 11.6 Å². The Balaban J connectivity index is 2.26. The number of alkyl halides is 1. The van der Waals surface area contributed by atoms with Crippen LogP contribution in [-0.2, 0) is 6.54 Å². The third-order valence-corrected chi connectivity index (χ3v) is 2.48. The zero-order chi connectivity index (χ0) is 11.4. The van der Waals surface area contributed by atoms with E-state index < -0.39 is 6.10 Å². The Morgan fingerprint density at radius 2 is 2.06 bits per heavy atom. The summed E-state index contributed by atoms with van der Waals surface area (Å²) in [5, 5.41) is 20.8. The van der Waals surface area contributed by atoms with Crippen molar-refractivity contribution in [2.75, 3.05) is 5.88 Å². The number of nitrogens with zero attached hydrogens (tertiary/aromatic N) is 4. The maximum absolute atomic E-state index is 9.45. The molecule has 1 aromatic carbocycles. The average molecular weight is 239 g/mol. The summed E-state index contributed by atoms with van der Waals surface area (Å²) in [5.41, 5.74) is 0.911. The third-order valence-electron chi connectivity index (χ3n) is 2.13. The lowest BCUT2D eigenvalue weighted by Gasteiger charge is -2.07. The van der Waals surface area contributed by atoms with E-state index in [9.17, 15) is 5.11 Å². The SMILES string of the molecule is OC(CCl)Cn1nnnc1-c1ccccc1. The van der Waals surface area contributed by atoms with Gasteiger partial charge in [-0.05, 0) is 10.4 Å². The first-order valence-electron chi connectivity index (χ1n) is 4.87. The van der Waals surface area contributed by atoms with Crippen LogP contribution < -0.4 is 0 Å². The van der Waals surface area contributed by atoms with Gasteiger partial charge in [0.1, 0.15) is 0 Å². The molecule has 0 fully saturated rings. The molecule has 1 aromatic heterocycles. The molecule has 6 heteroatoms. The van der Waals surface area contributed by atoms with E-state index in [1.807, 2.05) is 30.3 Å². The first kappa shape index (κ1) is 11.0. The molecule has 0 aliphatic heterocycles. The second-order valence-corrected chi connectivity index (χ2v) is 3.67. The van der Waals surface area contributed by atoms with Gasteiger partial charge in [-0.25, -0.2) is 4.68 Å². The quantitative estimate of drug-likeness (QED) is 0.806. The lowest BCUT2D eigenvalue weighted by Crippen LogP contribution is -2.19. The van der Waals surface area contributed by atoms with Crippen LogP contribution in [0.4, 0.5) is 0 Å². The molecule has 0 radical (unpaired) electrons. The van der Waals surface area contributed by atoms with Crippen LogP contribution in [0.1, 0.15) is 0 Å². The summed E-state index contributed by atoms with van der Waals surface area (Å²) in [4.78, 5) is 0. The fourth-order valence-electron chi connectivity index (χ4n) is 1.37. The maximum atomic E-state index is 9.45. The van der Waals surface area contributed by atoms with Crippen molar-refractivity contribution in [1.82, 2.24) is 20.2 Å². The van der Waals surface area contributed by atoms with Gasteiger partial charge in [0.2, 0.25) is 0 Å². The van der Waals surface area contributed by atoms with E-state index in [0.29, 0.717) is 12.4 Å². The molecule has 2 rings (SSSR count). The van der Waals surface area contributed by atoms with Crippen LogP contribution in [-0.4, -0.2) is 37.3 Å². The highest BCUT2D eigenvalue weighted by molar-refractivity contribution is 6.18. The van der Waals surface area contributed by atoms with Crippen molar-refractivity contribution >= 4 is 11.6 Å². The predicted molar refractivity (Wildman–Crippen MR) is 60.0 cm³/mol. The predicted octanol–water partition coefficient (Wildman–Crippen LogP) is 0.940. The number of rotatable bonds is 4. The van der Waals surface area contributed by atoms with Crippen LogP contribution in [0.25, 0.3) is 11.4 Å². The lowest BCUT2D eigenvalue weighted by molar-refractivity contribution is 0.171. The van der Waals surface area contributed by atoms with Crippen LogP contribution in [0.3, 0.4) is 0 Å². The molecule has 16 heavy (non-hydrogen) atoms. The van der Waals surface area contributed by atoms with Crippen LogP contribution in [0.2, 0.25) is 0 Å². The summed E-state index contributed by atoms with van der Waals surface area (Å²) in [5.74, 6) is 0.790. The number of benzene rings is 1. The van der Waals surface area contributed by atoms with Gasteiger partial charge in [0.25, 0.3) is 0 Å². The van der Waals surface area contributed by atoms with E-state index >= 15 is 0 Å². The monoisotopic (exact) mass is 238 g/mol. The van der Waals surface area contributed by atoms with Gasteiger partial charge in [-0.2, -0.15) is 0 Å². The minimum Gasteiger partial charge on any atom is -0.390 e. The summed E-state index contributed by atoms with van der Waals surface area (Å²) < 4.78 is 1.54. The van der Waals surface area contributed by atoms with Gasteiger partial charge >= 0.3 is 0 Å². The zero-order valence-corrected chi connectivity index (χ0v) is 9.25. The standard InChI is InChI=1S/C10H11ClN4O/c11-6-9(16)7-15-10(12-13-14-15)8-4-2-1-3-5-8/h1-5,9,16H,6-7H2. The van der Waals surface area contributed by atoms with Crippen molar-refractivity contribution in [3.05, 3.63) is 30.3 Å². The van der Waals surface area contributed by atoms with Gasteiger partial charge in [0.05, 0.1) is 18.5 Å². The Labute approximate surface area is 97.7 Å². The molecule has 0 bridgehead atoms. The Morgan fingerprint density at radius 1 is 1.31 bits per heavy atom. The molecule has 1 heterocycles. The summed E-state index contributed by atoms with van der Waals surface area (Å²) >= 11 is 5.54. The van der Waals surface area contributed by atoms with E-state index in [1.54, 1.807) is 4.68 Å². The van der Waals surface area contributed by atoms with Crippen molar-refractivity contribution in [3.63, 3.8) is 0 Å². The van der Waals surface area contributed by atoms with E-state index in [1.165, 1.54) is 0 Å². The van der Waals surface area contributed by atoms with Crippen molar-refractivity contribution < 1.29 is 5.11 Å². The van der Waals surface area contributed by atoms with Gasteiger partial charge < -0.3 is 5.11 Å². The minimum absolute atomic E-state index is 0.161. The van der Waals surface area contributed by atoms with Crippen LogP contribution in [0.15, 0.2) is 30.3 Å². The Bertz CT molecular complexity index is 445. The number of aliphatic hydroxyl groups is 1. The Kier molecular flexibility index (Phi) is 3.48. The molecular weight excluding hydrogens is 228 g/mol. The summed E-state index contributed by atoms with van der Waals surface area (Å²) in [6, 6.07) is 9.56. The lowest BCUT2D eigenvalue weighted by atomic mass is 10.2. The smallest absolute Gasteiger partial charge is 0.182 e. The van der Waals surface area contributed by atoms with Gasteiger partial charge in [-0.3, -0.25) is 0 Å². The first-order chi connectivity index (χ1) is 7.81. The molecule has 0 amide bonds. The van der Waals surface area contributed by atoms with Crippen molar-refractivity contribution in [2.24, 2.45) is 0 Å². The van der Waals surface area contributed by atoms with Gasteiger partial charge in [0.15, 0.2) is 5.82 Å². The van der Waals surface area contributed by atoms with Gasteiger partial charge in [-0.15, -0.1) is 16.7 Å². The van der Waals surface area contributed by atoms with Crippen molar-refractivity contribution in [2.45, 2.75) is 12.6 Å². The molecule has 0 aliphatic rings. The molecule has 5 nitrogen and oxygen atoms in total. The highest BCUT2D eigenvalue weighted by Gasteiger charge is 2.11. The summed E-state index contributed by atoms with van der Waals surface area (Å²) in [7, 11) is 0. The van der Waals surface area contributed by atoms with Crippen molar-refractivity contribution in [1.29, 1.82) is 0 Å². The van der Waals surface area contributed by atoms with E-state index in [4.69, 9.17) is 11.6 Å². The molecule has 1 N–H and O–H groups in total. The number of halogens is 1. The van der Waals surface area contributed by atoms with Gasteiger partial charge in [-0.1, -0.05) is 30.3 Å². The molecule has 1 atom stereocenters. The normalized spacial score (nSPS) is 12.6. The third kappa shape index (κ3) is 2.37. The number of aliphatic hydroxyl groups excluding tert-OH is 1. The molecule has 0 saturated carbocycles. The summed E-state index contributed by atoms with van der Waals surface area (Å²) in [6.45, 7) is 0.292. The number of hydrogen-bond acceptors (Lipinski definition) is 4. The van der Waals surface area contributed by atoms with E-state index in [-0.39, 0.29) is 5.88 Å². The molecule has 84 valence electrons. The van der Waals surface area contributed by atoms with Crippen LogP contribution in [0.5, 0.6) is 0 Å². The molecule has 0 spiro atoms.